The molecule has 0 unspecified atom stereocenters. The molecule has 0 heterocycles. The first-order valence-corrected chi connectivity index (χ1v) is 5.70. The number of hydrogen-bond acceptors (Lipinski definition) is 2. The molecule has 88 valence electrons. The van der Waals surface area contributed by atoms with Gasteiger partial charge in [-0.1, -0.05) is 12.5 Å². The first kappa shape index (κ1) is 11.6. The normalized spacial score (nSPS) is 18.2. The van der Waals surface area contributed by atoms with Crippen LogP contribution in [0.4, 0.5) is 4.39 Å². The second-order valence-electron chi connectivity index (χ2n) is 4.59. The van der Waals surface area contributed by atoms with Crippen LogP contribution in [0.15, 0.2) is 18.2 Å². The van der Waals surface area contributed by atoms with Gasteiger partial charge in [0.2, 0.25) is 0 Å². The lowest BCUT2D eigenvalue weighted by molar-refractivity contribution is 0.184. The number of nitrogens with two attached hydrogens (primary N) is 1. The van der Waals surface area contributed by atoms with Crippen molar-refractivity contribution in [3.05, 3.63) is 35.1 Å². The zero-order valence-corrected chi connectivity index (χ0v) is 9.63. The maximum Gasteiger partial charge on any atom is 0.127 e. The first-order valence-electron chi connectivity index (χ1n) is 5.70. The summed E-state index contributed by atoms with van der Waals surface area (Å²) in [6.45, 7) is 1.05. The fourth-order valence-electron chi connectivity index (χ4n) is 2.42. The number of benzene rings is 1. The van der Waals surface area contributed by atoms with Crippen molar-refractivity contribution < 1.29 is 9.13 Å². The standard InChI is InChI=1S/C13H18FNO/c1-16-8-10-3-4-12(14)11(7-10)13(9-15)5-2-6-13/h3-4,7H,2,5-6,8-9,15H2,1H3. The Morgan fingerprint density at radius 1 is 1.44 bits per heavy atom. The van der Waals surface area contributed by atoms with Crippen LogP contribution in [-0.2, 0) is 16.8 Å². The highest BCUT2D eigenvalue weighted by molar-refractivity contribution is 5.34. The number of halogens is 1. The van der Waals surface area contributed by atoms with E-state index in [0.29, 0.717) is 13.2 Å². The van der Waals surface area contributed by atoms with Gasteiger partial charge in [0.05, 0.1) is 6.61 Å². The van der Waals surface area contributed by atoms with Crippen molar-refractivity contribution in [2.24, 2.45) is 5.73 Å². The number of rotatable bonds is 4. The summed E-state index contributed by atoms with van der Waals surface area (Å²) in [5.41, 5.74) is 7.47. The molecule has 0 radical (unpaired) electrons. The second kappa shape index (κ2) is 4.52. The van der Waals surface area contributed by atoms with E-state index in [-0.39, 0.29) is 11.2 Å². The predicted molar refractivity (Wildman–Crippen MR) is 61.7 cm³/mol. The van der Waals surface area contributed by atoms with Crippen molar-refractivity contribution >= 4 is 0 Å². The minimum atomic E-state index is -0.134. The predicted octanol–water partition coefficient (Wildman–Crippen LogP) is 2.35. The van der Waals surface area contributed by atoms with E-state index < -0.39 is 0 Å². The Bertz CT molecular complexity index is 369. The van der Waals surface area contributed by atoms with Crippen molar-refractivity contribution in [1.82, 2.24) is 0 Å². The largest absolute Gasteiger partial charge is 0.380 e. The molecule has 1 saturated carbocycles. The summed E-state index contributed by atoms with van der Waals surface area (Å²) < 4.78 is 18.9. The average Bonchev–Trinajstić information content (AvgIpc) is 2.22. The van der Waals surface area contributed by atoms with E-state index >= 15 is 0 Å². The van der Waals surface area contributed by atoms with Crippen molar-refractivity contribution in [2.75, 3.05) is 13.7 Å². The summed E-state index contributed by atoms with van der Waals surface area (Å²) >= 11 is 0. The Balaban J connectivity index is 2.34. The average molecular weight is 223 g/mol. The third kappa shape index (κ3) is 1.85. The lowest BCUT2D eigenvalue weighted by Crippen LogP contribution is -2.42. The Labute approximate surface area is 95.6 Å². The Kier molecular flexibility index (Phi) is 3.26. The highest BCUT2D eigenvalue weighted by Crippen LogP contribution is 2.44. The van der Waals surface area contributed by atoms with Crippen LogP contribution in [-0.4, -0.2) is 13.7 Å². The molecule has 0 saturated heterocycles. The van der Waals surface area contributed by atoms with Crippen molar-refractivity contribution in [3.63, 3.8) is 0 Å². The van der Waals surface area contributed by atoms with Gasteiger partial charge >= 0.3 is 0 Å². The minimum absolute atomic E-state index is 0.117. The molecule has 2 nitrogen and oxygen atoms in total. The molecule has 16 heavy (non-hydrogen) atoms. The van der Waals surface area contributed by atoms with Crippen LogP contribution < -0.4 is 5.73 Å². The molecule has 1 fully saturated rings. The summed E-state index contributed by atoms with van der Waals surface area (Å²) in [6.07, 6.45) is 3.14. The van der Waals surface area contributed by atoms with E-state index in [9.17, 15) is 4.39 Å². The smallest absolute Gasteiger partial charge is 0.127 e. The van der Waals surface area contributed by atoms with Gasteiger partial charge in [0, 0.05) is 19.1 Å². The summed E-state index contributed by atoms with van der Waals surface area (Å²) in [5, 5.41) is 0. The van der Waals surface area contributed by atoms with E-state index in [1.54, 1.807) is 13.2 Å². The second-order valence-corrected chi connectivity index (χ2v) is 4.59. The van der Waals surface area contributed by atoms with Crippen LogP contribution in [0, 0.1) is 5.82 Å². The minimum Gasteiger partial charge on any atom is -0.380 e. The molecule has 1 aliphatic rings. The van der Waals surface area contributed by atoms with E-state index in [0.717, 1.165) is 30.4 Å². The molecule has 0 aromatic heterocycles. The van der Waals surface area contributed by atoms with Gasteiger partial charge in [-0.25, -0.2) is 4.39 Å². The highest BCUT2D eigenvalue weighted by Gasteiger charge is 2.39. The summed E-state index contributed by atoms with van der Waals surface area (Å²) in [5.74, 6) is -0.134. The molecular weight excluding hydrogens is 205 g/mol. The van der Waals surface area contributed by atoms with Gasteiger partial charge in [-0.2, -0.15) is 0 Å². The van der Waals surface area contributed by atoms with Crippen molar-refractivity contribution in [2.45, 2.75) is 31.3 Å². The maximum atomic E-state index is 13.8. The molecule has 0 spiro atoms. The van der Waals surface area contributed by atoms with Gasteiger partial charge in [0.1, 0.15) is 5.82 Å². The van der Waals surface area contributed by atoms with E-state index in [1.165, 1.54) is 6.07 Å². The van der Waals surface area contributed by atoms with Crippen LogP contribution >= 0.6 is 0 Å². The number of ether oxygens (including phenoxy) is 1. The number of hydrogen-bond donors (Lipinski definition) is 1. The molecule has 2 rings (SSSR count). The summed E-state index contributed by atoms with van der Waals surface area (Å²) in [6, 6.07) is 5.20. The molecule has 1 aromatic carbocycles. The summed E-state index contributed by atoms with van der Waals surface area (Å²) in [4.78, 5) is 0. The maximum absolute atomic E-state index is 13.8. The van der Waals surface area contributed by atoms with Gasteiger partial charge < -0.3 is 10.5 Å². The van der Waals surface area contributed by atoms with Gasteiger partial charge in [0.25, 0.3) is 0 Å². The molecule has 1 aromatic rings. The summed E-state index contributed by atoms with van der Waals surface area (Å²) in [7, 11) is 1.64. The number of methoxy groups -OCH3 is 1. The zero-order valence-electron chi connectivity index (χ0n) is 9.63. The van der Waals surface area contributed by atoms with Crippen LogP contribution in [0.5, 0.6) is 0 Å². The van der Waals surface area contributed by atoms with Crippen molar-refractivity contribution in [1.29, 1.82) is 0 Å². The lowest BCUT2D eigenvalue weighted by atomic mass is 9.64. The topological polar surface area (TPSA) is 35.2 Å². The van der Waals surface area contributed by atoms with Crippen LogP contribution in [0.1, 0.15) is 30.4 Å². The molecule has 0 atom stereocenters. The van der Waals surface area contributed by atoms with Crippen molar-refractivity contribution in [3.8, 4) is 0 Å². The van der Waals surface area contributed by atoms with Gasteiger partial charge in [-0.05, 0) is 36.1 Å². The van der Waals surface area contributed by atoms with Crippen LogP contribution in [0.25, 0.3) is 0 Å². The van der Waals surface area contributed by atoms with E-state index in [1.807, 2.05) is 6.07 Å². The monoisotopic (exact) mass is 223 g/mol. The fraction of sp³-hybridized carbons (Fsp3) is 0.538. The highest BCUT2D eigenvalue weighted by atomic mass is 19.1. The van der Waals surface area contributed by atoms with Crippen LogP contribution in [0.3, 0.4) is 0 Å². The Morgan fingerprint density at radius 3 is 2.69 bits per heavy atom. The third-order valence-electron chi connectivity index (χ3n) is 3.61. The SMILES string of the molecule is COCc1ccc(F)c(C2(CN)CCC2)c1. The van der Waals surface area contributed by atoms with E-state index in [4.69, 9.17) is 10.5 Å². The Morgan fingerprint density at radius 2 is 2.19 bits per heavy atom. The molecule has 1 aliphatic carbocycles. The van der Waals surface area contributed by atoms with Gasteiger partial charge in [0.15, 0.2) is 0 Å². The van der Waals surface area contributed by atoms with Gasteiger partial charge in [-0.3, -0.25) is 0 Å². The fourth-order valence-corrected chi connectivity index (χ4v) is 2.42. The molecule has 3 heteroatoms. The van der Waals surface area contributed by atoms with E-state index in [2.05, 4.69) is 0 Å². The first-order chi connectivity index (χ1) is 7.72. The molecule has 0 amide bonds. The molecule has 0 bridgehead atoms. The molecule has 2 N–H and O–H groups in total. The van der Waals surface area contributed by atoms with Crippen LogP contribution in [0.2, 0.25) is 0 Å². The van der Waals surface area contributed by atoms with Gasteiger partial charge in [-0.15, -0.1) is 0 Å². The third-order valence-corrected chi connectivity index (χ3v) is 3.61. The lowest BCUT2D eigenvalue weighted by Gasteiger charge is -2.41. The zero-order chi connectivity index (χ0) is 11.6. The quantitative estimate of drug-likeness (QED) is 0.850. The molecular formula is C13H18FNO. The molecule has 0 aliphatic heterocycles. The Hall–Kier alpha value is -0.930.